The third-order valence-electron chi connectivity index (χ3n) is 3.46. The number of aryl methyl sites for hydroxylation is 1. The molecule has 0 atom stereocenters. The molecular weight excluding hydrogens is 329 g/mol. The van der Waals surface area contributed by atoms with Crippen LogP contribution in [-0.4, -0.2) is 21.1 Å². The molecule has 0 amide bonds. The largest absolute Gasteiger partial charge is 0.491 e. The molecule has 4 nitrogen and oxygen atoms in total. The summed E-state index contributed by atoms with van der Waals surface area (Å²) >= 11 is 0. The van der Waals surface area contributed by atoms with Gasteiger partial charge in [-0.2, -0.15) is 0 Å². The Morgan fingerprint density at radius 2 is 1.88 bits per heavy atom. The van der Waals surface area contributed by atoms with Gasteiger partial charge in [0.25, 0.3) is 0 Å². The number of nitrogens with one attached hydrogen (secondary N) is 1. The van der Waals surface area contributed by atoms with E-state index in [1.807, 2.05) is 13.8 Å². The Morgan fingerprint density at radius 3 is 2.50 bits per heavy atom. The van der Waals surface area contributed by atoms with Crippen LogP contribution in [0.2, 0.25) is 0 Å². The van der Waals surface area contributed by atoms with Crippen LogP contribution in [0, 0.1) is 12.7 Å². The van der Waals surface area contributed by atoms with Gasteiger partial charge in [-0.15, -0.1) is 0 Å². The van der Waals surface area contributed by atoms with Crippen LogP contribution < -0.4 is 9.46 Å². The van der Waals surface area contributed by atoms with Gasteiger partial charge < -0.3 is 4.74 Å². The predicted octanol–water partition coefficient (Wildman–Crippen LogP) is 3.44. The minimum atomic E-state index is -3.64. The topological polar surface area (TPSA) is 55.4 Å². The summed E-state index contributed by atoms with van der Waals surface area (Å²) in [7, 11) is -3.64. The highest BCUT2D eigenvalue weighted by Gasteiger charge is 2.15. The number of halogens is 1. The van der Waals surface area contributed by atoms with E-state index in [1.165, 1.54) is 12.1 Å². The standard InChI is InChI=1S/C18H22FNO3S/c1-13(2)23-18-9-8-16(12-14(18)3)24(21,22)20-11-10-15-6-4-5-7-17(15)19/h4-9,12-13,20H,10-11H2,1-3H3. The molecule has 1 N–H and O–H groups in total. The summed E-state index contributed by atoms with van der Waals surface area (Å²) in [5, 5.41) is 0. The molecule has 0 aliphatic rings. The second-order valence-corrected chi connectivity index (χ2v) is 7.60. The summed E-state index contributed by atoms with van der Waals surface area (Å²) in [6.07, 6.45) is 0.310. The zero-order chi connectivity index (χ0) is 17.7. The van der Waals surface area contributed by atoms with Crippen LogP contribution in [0.4, 0.5) is 4.39 Å². The van der Waals surface area contributed by atoms with E-state index in [0.717, 1.165) is 5.56 Å². The van der Waals surface area contributed by atoms with Crippen molar-refractivity contribution in [3.8, 4) is 5.75 Å². The number of ether oxygens (including phenoxy) is 1. The number of benzene rings is 2. The highest BCUT2D eigenvalue weighted by atomic mass is 32.2. The first kappa shape index (κ1) is 18.4. The molecule has 0 bridgehead atoms. The molecule has 0 radical (unpaired) electrons. The summed E-state index contributed by atoms with van der Waals surface area (Å²) < 4.78 is 46.3. The predicted molar refractivity (Wildman–Crippen MR) is 92.2 cm³/mol. The van der Waals surface area contributed by atoms with Crippen molar-refractivity contribution in [2.45, 2.75) is 38.2 Å². The molecule has 0 unspecified atom stereocenters. The smallest absolute Gasteiger partial charge is 0.240 e. The summed E-state index contributed by atoms with van der Waals surface area (Å²) in [5.41, 5.74) is 1.23. The number of sulfonamides is 1. The molecule has 24 heavy (non-hydrogen) atoms. The van der Waals surface area contributed by atoms with E-state index in [9.17, 15) is 12.8 Å². The Morgan fingerprint density at radius 1 is 1.17 bits per heavy atom. The minimum Gasteiger partial charge on any atom is -0.491 e. The Bertz CT molecular complexity index is 804. The third kappa shape index (κ3) is 4.79. The maximum atomic E-state index is 13.5. The van der Waals surface area contributed by atoms with Crippen molar-refractivity contribution in [1.29, 1.82) is 0 Å². The normalized spacial score (nSPS) is 11.7. The van der Waals surface area contributed by atoms with Crippen LogP contribution in [0.25, 0.3) is 0 Å². The molecule has 0 fully saturated rings. The second-order valence-electron chi connectivity index (χ2n) is 5.83. The van der Waals surface area contributed by atoms with Gasteiger partial charge >= 0.3 is 0 Å². The Kier molecular flexibility index (Phi) is 5.96. The average Bonchev–Trinajstić information content (AvgIpc) is 2.50. The molecule has 0 aliphatic carbocycles. The van der Waals surface area contributed by atoms with Crippen molar-refractivity contribution < 1.29 is 17.5 Å². The van der Waals surface area contributed by atoms with Crippen LogP contribution in [-0.2, 0) is 16.4 Å². The zero-order valence-electron chi connectivity index (χ0n) is 14.0. The van der Waals surface area contributed by atoms with Gasteiger partial charge in [-0.1, -0.05) is 18.2 Å². The van der Waals surface area contributed by atoms with E-state index in [2.05, 4.69) is 4.72 Å². The molecule has 0 saturated heterocycles. The molecule has 0 heterocycles. The Balaban J connectivity index is 2.05. The number of hydrogen-bond acceptors (Lipinski definition) is 3. The Labute approximate surface area is 142 Å². The SMILES string of the molecule is Cc1cc(S(=O)(=O)NCCc2ccccc2F)ccc1OC(C)C. The van der Waals surface area contributed by atoms with E-state index in [1.54, 1.807) is 37.3 Å². The van der Waals surface area contributed by atoms with Gasteiger partial charge in [0.2, 0.25) is 10.0 Å². The lowest BCUT2D eigenvalue weighted by Crippen LogP contribution is -2.26. The van der Waals surface area contributed by atoms with Gasteiger partial charge in [-0.25, -0.2) is 17.5 Å². The molecule has 0 aromatic heterocycles. The van der Waals surface area contributed by atoms with Crippen LogP contribution in [0.3, 0.4) is 0 Å². The molecular formula is C18H22FNO3S. The molecule has 0 saturated carbocycles. The monoisotopic (exact) mass is 351 g/mol. The van der Waals surface area contributed by atoms with Gasteiger partial charge in [0.15, 0.2) is 0 Å². The molecule has 130 valence electrons. The lowest BCUT2D eigenvalue weighted by Gasteiger charge is -2.14. The summed E-state index contributed by atoms with van der Waals surface area (Å²) in [6.45, 7) is 5.76. The van der Waals surface area contributed by atoms with Crippen LogP contribution in [0.5, 0.6) is 5.75 Å². The van der Waals surface area contributed by atoms with Gasteiger partial charge in [0, 0.05) is 6.54 Å². The van der Waals surface area contributed by atoms with Crippen molar-refractivity contribution in [2.24, 2.45) is 0 Å². The van der Waals surface area contributed by atoms with Gasteiger partial charge in [0.1, 0.15) is 11.6 Å². The highest BCUT2D eigenvalue weighted by molar-refractivity contribution is 7.89. The summed E-state index contributed by atoms with van der Waals surface area (Å²) in [4.78, 5) is 0.171. The van der Waals surface area contributed by atoms with Crippen LogP contribution in [0.1, 0.15) is 25.0 Å². The fourth-order valence-electron chi connectivity index (χ4n) is 2.28. The van der Waals surface area contributed by atoms with Crippen LogP contribution in [0.15, 0.2) is 47.4 Å². The van der Waals surface area contributed by atoms with E-state index >= 15 is 0 Å². The zero-order valence-corrected chi connectivity index (χ0v) is 14.9. The second kappa shape index (κ2) is 7.77. The Hall–Kier alpha value is -1.92. The average molecular weight is 351 g/mol. The highest BCUT2D eigenvalue weighted by Crippen LogP contribution is 2.22. The van der Waals surface area contributed by atoms with Crippen LogP contribution >= 0.6 is 0 Å². The van der Waals surface area contributed by atoms with Gasteiger partial charge in [0.05, 0.1) is 11.0 Å². The van der Waals surface area contributed by atoms with Crippen molar-refractivity contribution in [2.75, 3.05) is 6.54 Å². The molecule has 2 rings (SSSR count). The lowest BCUT2D eigenvalue weighted by molar-refractivity contribution is 0.240. The third-order valence-corrected chi connectivity index (χ3v) is 4.92. The van der Waals surface area contributed by atoms with Gasteiger partial charge in [-0.05, 0) is 62.6 Å². The fourth-order valence-corrected chi connectivity index (χ4v) is 3.40. The summed E-state index contributed by atoms with van der Waals surface area (Å²) in [6, 6.07) is 11.1. The van der Waals surface area contributed by atoms with E-state index in [0.29, 0.717) is 17.7 Å². The van der Waals surface area contributed by atoms with E-state index in [4.69, 9.17) is 4.74 Å². The van der Waals surface area contributed by atoms with Crippen molar-refractivity contribution in [3.05, 3.63) is 59.4 Å². The number of rotatable bonds is 7. The maximum absolute atomic E-state index is 13.5. The first-order chi connectivity index (χ1) is 11.3. The quantitative estimate of drug-likeness (QED) is 0.831. The molecule has 0 aliphatic heterocycles. The van der Waals surface area contributed by atoms with E-state index < -0.39 is 10.0 Å². The summed E-state index contributed by atoms with van der Waals surface area (Å²) in [5.74, 6) is 0.332. The maximum Gasteiger partial charge on any atom is 0.240 e. The molecule has 6 heteroatoms. The molecule has 2 aromatic carbocycles. The fraction of sp³-hybridized carbons (Fsp3) is 0.333. The minimum absolute atomic E-state index is 0.0186. The van der Waals surface area contributed by atoms with E-state index in [-0.39, 0.29) is 23.4 Å². The van der Waals surface area contributed by atoms with Crippen molar-refractivity contribution in [3.63, 3.8) is 0 Å². The first-order valence-electron chi connectivity index (χ1n) is 7.80. The lowest BCUT2D eigenvalue weighted by atomic mass is 10.1. The van der Waals surface area contributed by atoms with Gasteiger partial charge in [-0.3, -0.25) is 0 Å². The number of hydrogen-bond donors (Lipinski definition) is 1. The van der Waals surface area contributed by atoms with Crippen molar-refractivity contribution >= 4 is 10.0 Å². The van der Waals surface area contributed by atoms with Crippen molar-refractivity contribution in [1.82, 2.24) is 4.72 Å². The molecule has 2 aromatic rings. The first-order valence-corrected chi connectivity index (χ1v) is 9.28. The molecule has 0 spiro atoms.